The van der Waals surface area contributed by atoms with Crippen LogP contribution in [0, 0.1) is 11.8 Å². The van der Waals surface area contributed by atoms with Gasteiger partial charge in [0, 0.05) is 25.3 Å². The van der Waals surface area contributed by atoms with Gasteiger partial charge in [-0.2, -0.15) is 0 Å². The number of methoxy groups -OCH3 is 1. The van der Waals surface area contributed by atoms with Crippen molar-refractivity contribution in [2.45, 2.75) is 18.9 Å². The molecule has 1 aromatic heterocycles. The zero-order valence-electron chi connectivity index (χ0n) is 14.9. The minimum absolute atomic E-state index is 0.0112. The average Bonchev–Trinajstić information content (AvgIpc) is 3.24. The van der Waals surface area contributed by atoms with E-state index in [0.29, 0.717) is 29.0 Å². The Morgan fingerprint density at radius 1 is 1.23 bits per heavy atom. The molecule has 0 bridgehead atoms. The number of amides is 1. The highest BCUT2D eigenvalue weighted by molar-refractivity contribution is 5.99. The molecule has 6 nitrogen and oxygen atoms in total. The van der Waals surface area contributed by atoms with Crippen LogP contribution in [0.4, 0.5) is 11.5 Å². The van der Waals surface area contributed by atoms with E-state index in [2.05, 4.69) is 10.3 Å². The van der Waals surface area contributed by atoms with Crippen LogP contribution in [0.2, 0.25) is 0 Å². The molecular formula is C20H24N4O2. The lowest BCUT2D eigenvalue weighted by molar-refractivity contribution is 0.0780. The molecule has 26 heavy (non-hydrogen) atoms. The third-order valence-electron chi connectivity index (χ3n) is 5.60. The van der Waals surface area contributed by atoms with Crippen LogP contribution < -0.4 is 15.8 Å². The van der Waals surface area contributed by atoms with Crippen molar-refractivity contribution in [1.29, 1.82) is 0 Å². The van der Waals surface area contributed by atoms with Crippen LogP contribution in [0.3, 0.4) is 0 Å². The molecule has 2 fully saturated rings. The van der Waals surface area contributed by atoms with Gasteiger partial charge in [-0.15, -0.1) is 0 Å². The van der Waals surface area contributed by atoms with E-state index in [4.69, 9.17) is 10.5 Å². The zero-order valence-corrected chi connectivity index (χ0v) is 14.9. The van der Waals surface area contributed by atoms with E-state index < -0.39 is 0 Å². The topological polar surface area (TPSA) is 80.5 Å². The van der Waals surface area contributed by atoms with Crippen molar-refractivity contribution >= 4 is 17.4 Å². The number of likely N-dealkylation sites (tertiary alicyclic amines) is 1. The zero-order chi connectivity index (χ0) is 18.1. The van der Waals surface area contributed by atoms with Gasteiger partial charge in [0.15, 0.2) is 0 Å². The molecule has 0 radical (unpaired) electrons. The maximum Gasteiger partial charge on any atom is 0.257 e. The Balaban J connectivity index is 1.57. The molecule has 1 aliphatic heterocycles. The largest absolute Gasteiger partial charge is 0.495 e. The van der Waals surface area contributed by atoms with E-state index in [0.717, 1.165) is 31.6 Å². The molecule has 3 unspecified atom stereocenters. The first-order valence-electron chi connectivity index (χ1n) is 9.07. The first-order chi connectivity index (χ1) is 12.7. The molecule has 2 aromatic rings. The van der Waals surface area contributed by atoms with Crippen LogP contribution in [0.5, 0.6) is 5.75 Å². The van der Waals surface area contributed by atoms with Crippen molar-refractivity contribution in [1.82, 2.24) is 9.88 Å². The van der Waals surface area contributed by atoms with Gasteiger partial charge in [0.05, 0.1) is 18.4 Å². The number of anilines is 2. The number of pyridine rings is 1. The summed E-state index contributed by atoms with van der Waals surface area (Å²) in [6, 6.07) is 11.4. The van der Waals surface area contributed by atoms with E-state index in [9.17, 15) is 4.79 Å². The second kappa shape index (κ2) is 6.96. The summed E-state index contributed by atoms with van der Waals surface area (Å²) in [5.74, 6) is 2.23. The summed E-state index contributed by atoms with van der Waals surface area (Å²) in [7, 11) is 1.62. The Labute approximate surface area is 153 Å². The maximum absolute atomic E-state index is 13.1. The molecule has 3 N–H and O–H groups in total. The van der Waals surface area contributed by atoms with Crippen molar-refractivity contribution in [3.8, 4) is 5.75 Å². The lowest BCUT2D eigenvalue weighted by atomic mass is 9.98. The number of benzene rings is 1. The van der Waals surface area contributed by atoms with E-state index >= 15 is 0 Å². The first kappa shape index (κ1) is 16.8. The molecule has 1 aliphatic carbocycles. The average molecular weight is 352 g/mol. The summed E-state index contributed by atoms with van der Waals surface area (Å²) < 4.78 is 5.38. The second-order valence-corrected chi connectivity index (χ2v) is 7.10. The predicted octanol–water partition coefficient (Wildman–Crippen LogP) is 2.64. The Kier molecular flexibility index (Phi) is 4.51. The van der Waals surface area contributed by atoms with Crippen molar-refractivity contribution < 1.29 is 9.53 Å². The van der Waals surface area contributed by atoms with Crippen molar-refractivity contribution in [3.05, 3.63) is 48.2 Å². The van der Waals surface area contributed by atoms with Gasteiger partial charge in [0.1, 0.15) is 11.6 Å². The van der Waals surface area contributed by atoms with Gasteiger partial charge < -0.3 is 20.7 Å². The Hall–Kier alpha value is -2.60. The molecule has 2 aliphatic rings. The summed E-state index contributed by atoms with van der Waals surface area (Å²) in [6.45, 7) is 1.54. The predicted molar refractivity (Wildman–Crippen MR) is 101 cm³/mol. The van der Waals surface area contributed by atoms with Crippen LogP contribution in [-0.4, -0.2) is 42.0 Å². The van der Waals surface area contributed by atoms with Crippen LogP contribution in [-0.2, 0) is 0 Å². The van der Waals surface area contributed by atoms with Crippen molar-refractivity contribution in [2.24, 2.45) is 17.6 Å². The number of carbonyl (C=O) groups excluding carboxylic acids is 1. The van der Waals surface area contributed by atoms with Crippen molar-refractivity contribution in [2.75, 3.05) is 25.5 Å². The SMILES string of the molecule is COc1ccccc1Nc1ncccc1C(=O)N1CC2CCC(N)C2C1. The quantitative estimate of drug-likeness (QED) is 0.884. The van der Waals surface area contributed by atoms with Gasteiger partial charge in [-0.25, -0.2) is 4.98 Å². The molecule has 1 saturated heterocycles. The van der Waals surface area contributed by atoms with Gasteiger partial charge in [0.25, 0.3) is 5.91 Å². The molecule has 6 heteroatoms. The Morgan fingerprint density at radius 2 is 2.08 bits per heavy atom. The first-order valence-corrected chi connectivity index (χ1v) is 9.07. The number of nitrogens with one attached hydrogen (secondary N) is 1. The van der Waals surface area contributed by atoms with Gasteiger partial charge in [0.2, 0.25) is 0 Å². The highest BCUT2D eigenvalue weighted by atomic mass is 16.5. The van der Waals surface area contributed by atoms with Gasteiger partial charge in [-0.05, 0) is 48.9 Å². The van der Waals surface area contributed by atoms with E-state index in [1.165, 1.54) is 0 Å². The summed E-state index contributed by atoms with van der Waals surface area (Å²) >= 11 is 0. The number of hydrogen-bond donors (Lipinski definition) is 2. The lowest BCUT2D eigenvalue weighted by Crippen LogP contribution is -2.33. The summed E-state index contributed by atoms with van der Waals surface area (Å²) in [5.41, 5.74) is 7.56. The Bertz CT molecular complexity index is 810. The van der Waals surface area contributed by atoms with Gasteiger partial charge in [-0.3, -0.25) is 4.79 Å². The highest BCUT2D eigenvalue weighted by Gasteiger charge is 2.42. The molecule has 1 saturated carbocycles. The molecule has 136 valence electrons. The van der Waals surface area contributed by atoms with Crippen molar-refractivity contribution in [3.63, 3.8) is 0 Å². The molecule has 1 amide bonds. The van der Waals surface area contributed by atoms with Crippen LogP contribution in [0.25, 0.3) is 0 Å². The van der Waals surface area contributed by atoms with Crippen LogP contribution in [0.1, 0.15) is 23.2 Å². The van der Waals surface area contributed by atoms with Crippen LogP contribution >= 0.6 is 0 Å². The maximum atomic E-state index is 13.1. The van der Waals surface area contributed by atoms with Gasteiger partial charge in [-0.1, -0.05) is 12.1 Å². The number of nitrogens with zero attached hydrogens (tertiary/aromatic N) is 2. The minimum Gasteiger partial charge on any atom is -0.495 e. The highest BCUT2D eigenvalue weighted by Crippen LogP contribution is 2.38. The fraction of sp³-hybridized carbons (Fsp3) is 0.400. The number of nitrogens with two attached hydrogens (primary N) is 1. The number of carbonyl (C=O) groups is 1. The summed E-state index contributed by atoms with van der Waals surface area (Å²) in [4.78, 5) is 19.4. The number of hydrogen-bond acceptors (Lipinski definition) is 5. The van der Waals surface area contributed by atoms with E-state index in [-0.39, 0.29) is 11.9 Å². The minimum atomic E-state index is 0.0112. The number of fused-ring (bicyclic) bond motifs is 1. The fourth-order valence-electron chi connectivity index (χ4n) is 4.20. The molecule has 3 atom stereocenters. The van der Waals surface area contributed by atoms with Crippen LogP contribution in [0.15, 0.2) is 42.6 Å². The third kappa shape index (κ3) is 3.01. The number of para-hydroxylation sites is 2. The molecule has 0 spiro atoms. The molecular weight excluding hydrogens is 328 g/mol. The molecule has 2 heterocycles. The standard InChI is InChI=1S/C20H24N4O2/c1-26-18-7-3-2-6-17(18)23-19-14(5-4-10-22-19)20(25)24-11-13-8-9-16(21)15(13)12-24/h2-7,10,13,15-16H,8-9,11-12,21H2,1H3,(H,22,23). The fourth-order valence-corrected chi connectivity index (χ4v) is 4.20. The third-order valence-corrected chi connectivity index (χ3v) is 5.60. The molecule has 4 rings (SSSR count). The molecule has 1 aromatic carbocycles. The second-order valence-electron chi connectivity index (χ2n) is 7.10. The summed E-state index contributed by atoms with van der Waals surface area (Å²) in [5, 5.41) is 3.25. The van der Waals surface area contributed by atoms with E-state index in [1.807, 2.05) is 35.2 Å². The normalized spacial score (nSPS) is 24.4. The summed E-state index contributed by atoms with van der Waals surface area (Å²) in [6.07, 6.45) is 3.88. The smallest absolute Gasteiger partial charge is 0.257 e. The Morgan fingerprint density at radius 3 is 2.88 bits per heavy atom. The monoisotopic (exact) mass is 352 g/mol. The lowest BCUT2D eigenvalue weighted by Gasteiger charge is -2.20. The number of rotatable bonds is 4. The number of ether oxygens (including phenoxy) is 1. The van der Waals surface area contributed by atoms with Gasteiger partial charge >= 0.3 is 0 Å². The number of aromatic nitrogens is 1. The van der Waals surface area contributed by atoms with E-state index in [1.54, 1.807) is 19.4 Å².